The van der Waals surface area contributed by atoms with Gasteiger partial charge in [0.05, 0.1) is 10.8 Å². The smallest absolute Gasteiger partial charge is 0.261 e. The molecule has 9 nitrogen and oxygen atoms in total. The summed E-state index contributed by atoms with van der Waals surface area (Å²) < 4.78 is 14.9. The van der Waals surface area contributed by atoms with Gasteiger partial charge >= 0.3 is 0 Å². The van der Waals surface area contributed by atoms with Crippen LogP contribution in [-0.4, -0.2) is 49.3 Å². The number of nitrogens with zero attached hydrogens (tertiary/aromatic N) is 5. The molecule has 0 fully saturated rings. The van der Waals surface area contributed by atoms with Gasteiger partial charge in [-0.25, -0.2) is 8.79 Å². The fourth-order valence-corrected chi connectivity index (χ4v) is 3.21. The van der Waals surface area contributed by atoms with Gasteiger partial charge in [-0.1, -0.05) is 23.4 Å². The van der Waals surface area contributed by atoms with E-state index in [2.05, 4.69) is 36.1 Å². The third-order valence-electron chi connectivity index (χ3n) is 3.45. The Balaban J connectivity index is 1.74. The van der Waals surface area contributed by atoms with Gasteiger partial charge < -0.3 is 16.0 Å². The van der Waals surface area contributed by atoms with E-state index < -0.39 is 5.82 Å². The number of aromatic nitrogens is 5. The lowest BCUT2D eigenvalue weighted by Crippen LogP contribution is -2.15. The fraction of sp³-hybridized carbons (Fsp3) is 0.312. The van der Waals surface area contributed by atoms with Crippen molar-refractivity contribution < 1.29 is 9.18 Å². The minimum Gasteiger partial charge on any atom is -0.355 e. The van der Waals surface area contributed by atoms with E-state index >= 15 is 0 Å². The van der Waals surface area contributed by atoms with Crippen molar-refractivity contribution in [3.8, 4) is 0 Å². The van der Waals surface area contributed by atoms with E-state index in [0.717, 1.165) is 0 Å². The molecule has 3 rings (SSSR count). The zero-order valence-electron chi connectivity index (χ0n) is 15.2. The third kappa shape index (κ3) is 4.60. The van der Waals surface area contributed by atoms with Gasteiger partial charge in [-0.05, 0) is 32.0 Å². The van der Waals surface area contributed by atoms with E-state index in [4.69, 9.17) is 11.6 Å². The summed E-state index contributed by atoms with van der Waals surface area (Å²) in [6.45, 7) is 5.20. The Hall–Kier alpha value is -2.66. The molecule has 3 N–H and O–H groups in total. The minimum atomic E-state index is -0.545. The van der Waals surface area contributed by atoms with Gasteiger partial charge in [0.15, 0.2) is 5.16 Å². The lowest BCUT2D eigenvalue weighted by Gasteiger charge is -2.09. The van der Waals surface area contributed by atoms with Crippen LogP contribution in [0.25, 0.3) is 5.78 Å². The molecule has 148 valence electrons. The Bertz CT molecular complexity index is 998. The van der Waals surface area contributed by atoms with Crippen LogP contribution >= 0.6 is 23.4 Å². The molecule has 2 aromatic heterocycles. The monoisotopic (exact) mass is 424 g/mol. The first-order chi connectivity index (χ1) is 13.5. The number of halogens is 2. The molecule has 0 aliphatic carbocycles. The number of fused-ring (bicyclic) bond motifs is 1. The summed E-state index contributed by atoms with van der Waals surface area (Å²) in [6.07, 6.45) is 0. The standard InChI is InChI=1S/C16H18ClFN8OS/c1-3-19-13-22-14(20-4-2)26-15(23-13)24-25-16(26)28-8-12(27)21-9-5-6-11(18)10(17)7-9/h5-7H,3-4,8H2,1-2H3,(H,21,27)(H2,19,20,22,23,24). The maximum atomic E-state index is 13.2. The highest BCUT2D eigenvalue weighted by Crippen LogP contribution is 2.22. The van der Waals surface area contributed by atoms with E-state index in [9.17, 15) is 9.18 Å². The summed E-state index contributed by atoms with van der Waals surface area (Å²) in [6, 6.07) is 3.99. The molecule has 0 atom stereocenters. The number of nitrogens with one attached hydrogen (secondary N) is 3. The fourth-order valence-electron chi connectivity index (χ4n) is 2.30. The van der Waals surface area contributed by atoms with E-state index in [1.165, 1.54) is 30.0 Å². The number of hydrogen-bond acceptors (Lipinski definition) is 8. The molecular formula is C16H18ClFN8OS. The number of carbonyl (C=O) groups excluding carboxylic acids is 1. The number of amides is 1. The van der Waals surface area contributed by atoms with Crippen LogP contribution in [0.5, 0.6) is 0 Å². The van der Waals surface area contributed by atoms with Crippen LogP contribution in [0.4, 0.5) is 22.0 Å². The second-order valence-corrected chi connectivity index (χ2v) is 6.86. The lowest BCUT2D eigenvalue weighted by molar-refractivity contribution is -0.113. The second-order valence-electron chi connectivity index (χ2n) is 5.52. The Labute approximate surface area is 169 Å². The molecule has 12 heteroatoms. The topological polar surface area (TPSA) is 109 Å². The molecule has 3 aromatic rings. The van der Waals surface area contributed by atoms with E-state index in [1.807, 2.05) is 13.8 Å². The predicted molar refractivity (Wildman–Crippen MR) is 108 cm³/mol. The molecule has 0 saturated heterocycles. The Morgan fingerprint density at radius 2 is 2.00 bits per heavy atom. The first kappa shape index (κ1) is 20.1. The highest BCUT2D eigenvalue weighted by Gasteiger charge is 2.16. The first-order valence-electron chi connectivity index (χ1n) is 8.50. The molecule has 28 heavy (non-hydrogen) atoms. The van der Waals surface area contributed by atoms with Crippen LogP contribution in [0.3, 0.4) is 0 Å². The van der Waals surface area contributed by atoms with Crippen molar-refractivity contribution in [1.82, 2.24) is 24.6 Å². The summed E-state index contributed by atoms with van der Waals surface area (Å²) >= 11 is 6.90. The number of hydrogen-bond donors (Lipinski definition) is 3. The van der Waals surface area contributed by atoms with Crippen molar-refractivity contribution in [2.45, 2.75) is 19.0 Å². The third-order valence-corrected chi connectivity index (χ3v) is 4.67. The van der Waals surface area contributed by atoms with Gasteiger partial charge in [0.1, 0.15) is 5.82 Å². The number of rotatable bonds is 8. The quantitative estimate of drug-likeness (QED) is 0.473. The van der Waals surface area contributed by atoms with Gasteiger partial charge in [-0.3, -0.25) is 4.79 Å². The van der Waals surface area contributed by atoms with Crippen molar-refractivity contribution in [3.05, 3.63) is 29.0 Å². The van der Waals surface area contributed by atoms with Crippen LogP contribution in [-0.2, 0) is 4.79 Å². The van der Waals surface area contributed by atoms with Crippen LogP contribution in [0, 0.1) is 5.82 Å². The van der Waals surface area contributed by atoms with Crippen molar-refractivity contribution >= 4 is 52.6 Å². The maximum absolute atomic E-state index is 13.2. The largest absolute Gasteiger partial charge is 0.355 e. The van der Waals surface area contributed by atoms with Gasteiger partial charge in [0.25, 0.3) is 5.78 Å². The van der Waals surface area contributed by atoms with Crippen molar-refractivity contribution in [3.63, 3.8) is 0 Å². The molecule has 0 aliphatic rings. The number of thioether (sulfide) groups is 1. The van der Waals surface area contributed by atoms with E-state index in [0.29, 0.717) is 41.6 Å². The van der Waals surface area contributed by atoms with Crippen LogP contribution in [0.1, 0.15) is 13.8 Å². The summed E-state index contributed by atoms with van der Waals surface area (Å²) in [5.41, 5.74) is 0.412. The predicted octanol–water partition coefficient (Wildman–Crippen LogP) is 2.91. The molecule has 1 aromatic carbocycles. The average molecular weight is 425 g/mol. The highest BCUT2D eigenvalue weighted by atomic mass is 35.5. The van der Waals surface area contributed by atoms with Gasteiger partial charge in [-0.15, -0.1) is 10.2 Å². The summed E-state index contributed by atoms with van der Waals surface area (Å²) in [5, 5.41) is 17.4. The molecular weight excluding hydrogens is 407 g/mol. The summed E-state index contributed by atoms with van der Waals surface area (Å²) in [5.74, 6) is 0.574. The zero-order valence-corrected chi connectivity index (χ0v) is 16.7. The van der Waals surface area contributed by atoms with Crippen molar-refractivity contribution in [2.75, 3.05) is 34.8 Å². The number of carbonyl (C=O) groups is 1. The van der Waals surface area contributed by atoms with Crippen LogP contribution < -0.4 is 16.0 Å². The van der Waals surface area contributed by atoms with Gasteiger partial charge in [-0.2, -0.15) is 9.97 Å². The van der Waals surface area contributed by atoms with Crippen LogP contribution in [0.2, 0.25) is 5.02 Å². The second kappa shape index (κ2) is 9.02. The molecule has 0 bridgehead atoms. The Morgan fingerprint density at radius 3 is 2.71 bits per heavy atom. The molecule has 0 spiro atoms. The molecule has 0 radical (unpaired) electrons. The summed E-state index contributed by atoms with van der Waals surface area (Å²) in [7, 11) is 0. The maximum Gasteiger partial charge on any atom is 0.261 e. The molecule has 0 saturated carbocycles. The van der Waals surface area contributed by atoms with Crippen LogP contribution in [0.15, 0.2) is 23.4 Å². The zero-order chi connectivity index (χ0) is 20.1. The average Bonchev–Trinajstić information content (AvgIpc) is 3.07. The normalized spacial score (nSPS) is 10.9. The van der Waals surface area contributed by atoms with Gasteiger partial charge in [0.2, 0.25) is 17.8 Å². The van der Waals surface area contributed by atoms with Gasteiger partial charge in [0, 0.05) is 18.8 Å². The SMILES string of the molecule is CCNc1nc(NCC)n2c(SCC(=O)Nc3ccc(F)c(Cl)c3)nnc2n1. The first-order valence-corrected chi connectivity index (χ1v) is 9.86. The number of anilines is 3. The Kier molecular flexibility index (Phi) is 6.47. The van der Waals surface area contributed by atoms with Crippen molar-refractivity contribution in [1.29, 1.82) is 0 Å². The number of benzene rings is 1. The molecule has 0 aliphatic heterocycles. The highest BCUT2D eigenvalue weighted by molar-refractivity contribution is 7.99. The van der Waals surface area contributed by atoms with E-state index in [1.54, 1.807) is 4.40 Å². The molecule has 0 unspecified atom stereocenters. The Morgan fingerprint density at radius 1 is 1.21 bits per heavy atom. The van der Waals surface area contributed by atoms with E-state index in [-0.39, 0.29) is 16.7 Å². The minimum absolute atomic E-state index is 0.0576. The molecule has 1 amide bonds. The summed E-state index contributed by atoms with van der Waals surface area (Å²) in [4.78, 5) is 20.9. The lowest BCUT2D eigenvalue weighted by atomic mass is 10.3. The van der Waals surface area contributed by atoms with Crippen molar-refractivity contribution in [2.24, 2.45) is 0 Å². The molecule has 2 heterocycles.